The lowest BCUT2D eigenvalue weighted by atomic mass is 10.2. The minimum absolute atomic E-state index is 0.0942. The van der Waals surface area contributed by atoms with Crippen LogP contribution in [0.4, 0.5) is 5.69 Å². The van der Waals surface area contributed by atoms with Gasteiger partial charge in [0.2, 0.25) is 5.91 Å². The van der Waals surface area contributed by atoms with E-state index in [0.29, 0.717) is 15.0 Å². The van der Waals surface area contributed by atoms with Crippen molar-refractivity contribution in [3.05, 3.63) is 45.3 Å². The van der Waals surface area contributed by atoms with Crippen molar-refractivity contribution in [3.8, 4) is 0 Å². The molecule has 1 N–H and O–H groups in total. The van der Waals surface area contributed by atoms with Gasteiger partial charge in [-0.2, -0.15) is 4.31 Å². The molecule has 0 aliphatic carbocycles. The third kappa shape index (κ3) is 4.45. The summed E-state index contributed by atoms with van der Waals surface area (Å²) in [6.45, 7) is 1.50. The smallest absolute Gasteiger partial charge is 0.252 e. The molecule has 9 heteroatoms. The van der Waals surface area contributed by atoms with Crippen LogP contribution in [-0.4, -0.2) is 32.2 Å². The van der Waals surface area contributed by atoms with Crippen LogP contribution in [0, 0.1) is 6.92 Å². The summed E-state index contributed by atoms with van der Waals surface area (Å²) in [6.07, 6.45) is 0. The van der Waals surface area contributed by atoms with Gasteiger partial charge in [-0.3, -0.25) is 4.79 Å². The molecule has 124 valence electrons. The van der Waals surface area contributed by atoms with Gasteiger partial charge in [-0.05, 0) is 36.8 Å². The Morgan fingerprint density at radius 2 is 1.96 bits per heavy atom. The fourth-order valence-electron chi connectivity index (χ4n) is 1.80. The zero-order valence-electron chi connectivity index (χ0n) is 12.3. The third-order valence-electron chi connectivity index (χ3n) is 3.05. The van der Waals surface area contributed by atoms with E-state index >= 15 is 0 Å². The lowest BCUT2D eigenvalue weighted by Crippen LogP contribution is -2.34. The molecule has 0 saturated carbocycles. The Labute approximate surface area is 148 Å². The molecule has 1 aromatic carbocycles. The van der Waals surface area contributed by atoms with E-state index in [2.05, 4.69) is 5.32 Å². The normalized spacial score (nSPS) is 11.7. The van der Waals surface area contributed by atoms with Crippen molar-refractivity contribution in [2.24, 2.45) is 0 Å². The highest BCUT2D eigenvalue weighted by Gasteiger charge is 2.24. The van der Waals surface area contributed by atoms with Gasteiger partial charge in [0.15, 0.2) is 0 Å². The van der Waals surface area contributed by atoms with Crippen molar-refractivity contribution in [2.45, 2.75) is 11.1 Å². The Hall–Kier alpha value is -1.12. The standard InChI is InChI=1S/C14H14Cl2N2O3S2/c1-9-3-4-10(15)7-11(9)17-13(19)8-18(2)23(20,21)14-6-5-12(16)22-14/h3-7H,8H2,1-2H3,(H,17,19). The van der Waals surface area contributed by atoms with Gasteiger partial charge in [0, 0.05) is 17.8 Å². The third-order valence-corrected chi connectivity index (χ3v) is 6.79. The maximum Gasteiger partial charge on any atom is 0.252 e. The Morgan fingerprint density at radius 1 is 1.26 bits per heavy atom. The van der Waals surface area contributed by atoms with Gasteiger partial charge in [-0.1, -0.05) is 29.3 Å². The molecule has 1 aromatic heterocycles. The first kappa shape index (κ1) is 18.2. The molecule has 2 rings (SSSR count). The number of halogens is 2. The summed E-state index contributed by atoms with van der Waals surface area (Å²) >= 11 is 12.6. The number of likely N-dealkylation sites (N-methyl/N-ethyl adjacent to an activating group) is 1. The Balaban J connectivity index is 2.09. The van der Waals surface area contributed by atoms with E-state index in [4.69, 9.17) is 23.2 Å². The molecule has 2 aromatic rings. The predicted molar refractivity (Wildman–Crippen MR) is 94.0 cm³/mol. The van der Waals surface area contributed by atoms with Crippen molar-refractivity contribution in [3.63, 3.8) is 0 Å². The highest BCUT2D eigenvalue weighted by atomic mass is 35.5. The molecular weight excluding hydrogens is 379 g/mol. The zero-order chi connectivity index (χ0) is 17.2. The molecule has 1 amide bonds. The molecule has 1 heterocycles. The molecule has 0 unspecified atom stereocenters. The number of nitrogens with zero attached hydrogens (tertiary/aromatic N) is 1. The van der Waals surface area contributed by atoms with E-state index < -0.39 is 15.9 Å². The van der Waals surface area contributed by atoms with E-state index in [1.165, 1.54) is 19.2 Å². The fraction of sp³-hybridized carbons (Fsp3) is 0.214. The average molecular weight is 393 g/mol. The van der Waals surface area contributed by atoms with Gasteiger partial charge >= 0.3 is 0 Å². The van der Waals surface area contributed by atoms with Crippen LogP contribution < -0.4 is 5.32 Å². The van der Waals surface area contributed by atoms with Crippen LogP contribution >= 0.6 is 34.5 Å². The number of amides is 1. The van der Waals surface area contributed by atoms with Gasteiger partial charge in [0.1, 0.15) is 4.21 Å². The van der Waals surface area contributed by atoms with Crippen LogP contribution in [0.2, 0.25) is 9.36 Å². The molecule has 0 saturated heterocycles. The van der Waals surface area contributed by atoms with E-state index in [9.17, 15) is 13.2 Å². The van der Waals surface area contributed by atoms with Gasteiger partial charge in [-0.25, -0.2) is 8.42 Å². The van der Waals surface area contributed by atoms with E-state index in [1.54, 1.807) is 18.2 Å². The summed E-state index contributed by atoms with van der Waals surface area (Å²) in [7, 11) is -2.40. The van der Waals surface area contributed by atoms with E-state index in [1.807, 2.05) is 6.92 Å². The quantitative estimate of drug-likeness (QED) is 0.844. The largest absolute Gasteiger partial charge is 0.325 e. The SMILES string of the molecule is Cc1ccc(Cl)cc1NC(=O)CN(C)S(=O)(=O)c1ccc(Cl)s1. The highest BCUT2D eigenvalue weighted by Crippen LogP contribution is 2.27. The van der Waals surface area contributed by atoms with Crippen molar-refractivity contribution >= 4 is 56.2 Å². The lowest BCUT2D eigenvalue weighted by molar-refractivity contribution is -0.116. The zero-order valence-corrected chi connectivity index (χ0v) is 15.5. The van der Waals surface area contributed by atoms with Crippen LogP contribution in [-0.2, 0) is 14.8 Å². The van der Waals surface area contributed by atoms with Gasteiger partial charge in [0.05, 0.1) is 10.9 Å². The van der Waals surface area contributed by atoms with Crippen molar-refractivity contribution in [2.75, 3.05) is 18.9 Å². The van der Waals surface area contributed by atoms with Crippen LogP contribution in [0.1, 0.15) is 5.56 Å². The number of anilines is 1. The molecule has 0 aliphatic rings. The topological polar surface area (TPSA) is 66.5 Å². The number of carbonyl (C=O) groups is 1. The number of hydrogen-bond acceptors (Lipinski definition) is 4. The first-order valence-electron chi connectivity index (χ1n) is 6.48. The molecule has 0 spiro atoms. The van der Waals surface area contributed by atoms with Gasteiger partial charge in [-0.15, -0.1) is 11.3 Å². The molecule has 23 heavy (non-hydrogen) atoms. The number of carbonyl (C=O) groups excluding carboxylic acids is 1. The molecule has 0 aliphatic heterocycles. The summed E-state index contributed by atoms with van der Waals surface area (Å²) in [4.78, 5) is 12.1. The van der Waals surface area contributed by atoms with Gasteiger partial charge < -0.3 is 5.32 Å². The molecule has 5 nitrogen and oxygen atoms in total. The minimum atomic E-state index is -3.74. The summed E-state index contributed by atoms with van der Waals surface area (Å²) in [5.74, 6) is -0.455. The van der Waals surface area contributed by atoms with E-state index in [0.717, 1.165) is 21.2 Å². The first-order chi connectivity index (χ1) is 10.7. The maximum absolute atomic E-state index is 12.3. The van der Waals surface area contributed by atoms with Crippen molar-refractivity contribution in [1.29, 1.82) is 0 Å². The second-order valence-corrected chi connectivity index (χ2v) is 9.25. The molecule has 0 atom stereocenters. The maximum atomic E-state index is 12.3. The number of nitrogens with one attached hydrogen (secondary N) is 1. The second kappa shape index (κ2) is 7.19. The van der Waals surface area contributed by atoms with E-state index in [-0.39, 0.29) is 10.8 Å². The predicted octanol–water partition coefficient (Wildman–Crippen LogP) is 3.62. The number of hydrogen-bond donors (Lipinski definition) is 1. The van der Waals surface area contributed by atoms with Crippen LogP contribution in [0.5, 0.6) is 0 Å². The summed E-state index contributed by atoms with van der Waals surface area (Å²) < 4.78 is 26.1. The number of aryl methyl sites for hydroxylation is 1. The minimum Gasteiger partial charge on any atom is -0.325 e. The number of rotatable bonds is 5. The molecule has 0 fully saturated rings. The second-order valence-electron chi connectivity index (χ2n) is 4.83. The number of thiophene rings is 1. The highest BCUT2D eigenvalue weighted by molar-refractivity contribution is 7.91. The molecule has 0 radical (unpaired) electrons. The summed E-state index contributed by atoms with van der Waals surface area (Å²) in [6, 6.07) is 8.01. The summed E-state index contributed by atoms with van der Waals surface area (Å²) in [5, 5.41) is 3.14. The summed E-state index contributed by atoms with van der Waals surface area (Å²) in [5.41, 5.74) is 1.38. The molecular formula is C14H14Cl2N2O3S2. The molecule has 0 bridgehead atoms. The number of benzene rings is 1. The average Bonchev–Trinajstić information content (AvgIpc) is 2.90. The van der Waals surface area contributed by atoms with Crippen molar-refractivity contribution in [1.82, 2.24) is 4.31 Å². The van der Waals surface area contributed by atoms with Gasteiger partial charge in [0.25, 0.3) is 10.0 Å². The Bertz CT molecular complexity index is 834. The lowest BCUT2D eigenvalue weighted by Gasteiger charge is -2.16. The van der Waals surface area contributed by atoms with Crippen molar-refractivity contribution < 1.29 is 13.2 Å². The monoisotopic (exact) mass is 392 g/mol. The Morgan fingerprint density at radius 3 is 2.57 bits per heavy atom. The van der Waals surface area contributed by atoms with Crippen LogP contribution in [0.3, 0.4) is 0 Å². The van der Waals surface area contributed by atoms with Crippen LogP contribution in [0.15, 0.2) is 34.5 Å². The number of sulfonamides is 1. The fourth-order valence-corrected chi connectivity index (χ4v) is 4.79. The first-order valence-corrected chi connectivity index (χ1v) is 9.49. The van der Waals surface area contributed by atoms with Crippen LogP contribution in [0.25, 0.3) is 0 Å². The Kier molecular flexibility index (Phi) is 5.70.